The minimum absolute atomic E-state index is 0. The molecule has 0 fully saturated rings. The Balaban J connectivity index is 0.00000289. The molecule has 0 saturated heterocycles. The van der Waals surface area contributed by atoms with Gasteiger partial charge in [-0.2, -0.15) is 0 Å². The SMILES string of the molecule is Cc1ccc(C(C)(O)CN=C(NCCc2ccco2)NC2CCOc3ccccc32)o1.I. The van der Waals surface area contributed by atoms with Gasteiger partial charge in [0.1, 0.15) is 28.6 Å². The maximum absolute atomic E-state index is 10.9. The number of aliphatic hydroxyl groups is 1. The van der Waals surface area contributed by atoms with Crippen LogP contribution >= 0.6 is 24.0 Å². The van der Waals surface area contributed by atoms with Crippen molar-refractivity contribution in [3.8, 4) is 5.75 Å². The van der Waals surface area contributed by atoms with Gasteiger partial charge in [0.15, 0.2) is 5.96 Å². The van der Waals surface area contributed by atoms with E-state index in [0.29, 0.717) is 24.9 Å². The second-order valence-corrected chi connectivity index (χ2v) is 7.98. The predicted octanol–water partition coefficient (Wildman–Crippen LogP) is 4.31. The molecule has 2 aromatic heterocycles. The van der Waals surface area contributed by atoms with Gasteiger partial charge >= 0.3 is 0 Å². The van der Waals surface area contributed by atoms with Crippen LogP contribution in [-0.4, -0.2) is 30.8 Å². The van der Waals surface area contributed by atoms with Crippen molar-refractivity contribution in [3.05, 3.63) is 77.6 Å². The van der Waals surface area contributed by atoms with Crippen molar-refractivity contribution in [1.29, 1.82) is 0 Å². The normalized spacial score (nSPS) is 17.5. The van der Waals surface area contributed by atoms with E-state index in [4.69, 9.17) is 13.6 Å². The summed E-state index contributed by atoms with van der Waals surface area (Å²) in [5.41, 5.74) is -0.111. The summed E-state index contributed by atoms with van der Waals surface area (Å²) in [6.45, 7) is 5.00. The van der Waals surface area contributed by atoms with E-state index in [9.17, 15) is 5.11 Å². The molecule has 2 atom stereocenters. The van der Waals surface area contributed by atoms with Gasteiger partial charge in [-0.3, -0.25) is 0 Å². The molecule has 0 spiro atoms. The quantitative estimate of drug-likeness (QED) is 0.230. The molecule has 4 rings (SSSR count). The summed E-state index contributed by atoms with van der Waals surface area (Å²) >= 11 is 0. The van der Waals surface area contributed by atoms with Crippen molar-refractivity contribution in [3.63, 3.8) is 0 Å². The summed E-state index contributed by atoms with van der Waals surface area (Å²) in [5.74, 6) is 3.67. The number of benzene rings is 1. The first-order chi connectivity index (χ1) is 15.0. The number of aryl methyl sites for hydroxylation is 1. The van der Waals surface area contributed by atoms with Crippen LogP contribution in [0.5, 0.6) is 5.75 Å². The zero-order valence-corrected chi connectivity index (χ0v) is 20.7. The van der Waals surface area contributed by atoms with Gasteiger partial charge in [0, 0.05) is 24.9 Å². The highest BCUT2D eigenvalue weighted by Crippen LogP contribution is 2.31. The molecule has 1 aliphatic heterocycles. The van der Waals surface area contributed by atoms with Crippen LogP contribution in [0.2, 0.25) is 0 Å². The van der Waals surface area contributed by atoms with Gasteiger partial charge in [0.25, 0.3) is 0 Å². The standard InChI is InChI=1S/C24H29N3O4.HI/c1-17-9-10-22(31-17)24(2,28)16-26-23(25-13-11-18-6-5-14-29-18)27-20-12-15-30-21-8-4-3-7-19(20)21;/h3-10,14,20,28H,11-13,15-16H2,1-2H3,(H2,25,26,27);1H. The molecule has 3 N–H and O–H groups in total. The Morgan fingerprint density at radius 2 is 2.03 bits per heavy atom. The van der Waals surface area contributed by atoms with Crippen LogP contribution in [0.1, 0.15) is 42.2 Å². The molecule has 8 heteroatoms. The van der Waals surface area contributed by atoms with Crippen LogP contribution in [0.25, 0.3) is 0 Å². The molecule has 7 nitrogen and oxygen atoms in total. The van der Waals surface area contributed by atoms with Gasteiger partial charge in [-0.25, -0.2) is 4.99 Å². The summed E-state index contributed by atoms with van der Waals surface area (Å²) in [5, 5.41) is 17.8. The Morgan fingerprint density at radius 1 is 1.19 bits per heavy atom. The van der Waals surface area contributed by atoms with E-state index in [1.165, 1.54) is 0 Å². The van der Waals surface area contributed by atoms with Crippen molar-refractivity contribution in [2.24, 2.45) is 4.99 Å². The molecule has 32 heavy (non-hydrogen) atoms. The Morgan fingerprint density at radius 3 is 2.78 bits per heavy atom. The monoisotopic (exact) mass is 551 g/mol. The van der Waals surface area contributed by atoms with E-state index < -0.39 is 5.60 Å². The van der Waals surface area contributed by atoms with Crippen LogP contribution in [0.3, 0.4) is 0 Å². The first-order valence-corrected chi connectivity index (χ1v) is 10.6. The van der Waals surface area contributed by atoms with E-state index in [1.54, 1.807) is 19.3 Å². The number of hydrogen-bond acceptors (Lipinski definition) is 5. The second kappa shape index (κ2) is 10.9. The maximum Gasteiger partial charge on any atom is 0.191 e. The lowest BCUT2D eigenvalue weighted by molar-refractivity contribution is 0.0428. The first-order valence-electron chi connectivity index (χ1n) is 10.6. The molecular weight excluding hydrogens is 521 g/mol. The number of nitrogens with one attached hydrogen (secondary N) is 2. The largest absolute Gasteiger partial charge is 0.493 e. The molecule has 0 amide bonds. The fourth-order valence-electron chi connectivity index (χ4n) is 3.60. The van der Waals surface area contributed by atoms with Crippen LogP contribution in [0, 0.1) is 6.92 Å². The van der Waals surface area contributed by atoms with E-state index in [0.717, 1.165) is 35.7 Å². The molecule has 172 valence electrons. The lowest BCUT2D eigenvalue weighted by atomic mass is 10.0. The number of hydrogen-bond donors (Lipinski definition) is 3. The fourth-order valence-corrected chi connectivity index (χ4v) is 3.60. The number of guanidine groups is 1. The molecular formula is C24H30IN3O4. The highest BCUT2D eigenvalue weighted by atomic mass is 127. The number of ether oxygens (including phenoxy) is 1. The highest BCUT2D eigenvalue weighted by molar-refractivity contribution is 14.0. The van der Waals surface area contributed by atoms with Gasteiger partial charge < -0.3 is 29.3 Å². The van der Waals surface area contributed by atoms with Crippen LogP contribution in [0.15, 0.2) is 68.6 Å². The molecule has 0 saturated carbocycles. The number of halogens is 1. The van der Waals surface area contributed by atoms with Gasteiger partial charge in [-0.1, -0.05) is 18.2 Å². The highest BCUT2D eigenvalue weighted by Gasteiger charge is 2.27. The average Bonchev–Trinajstić information content (AvgIpc) is 3.44. The van der Waals surface area contributed by atoms with Crippen LogP contribution in [0.4, 0.5) is 0 Å². The Bertz CT molecular complexity index is 1010. The zero-order chi connectivity index (χ0) is 21.7. The summed E-state index contributed by atoms with van der Waals surface area (Å²) in [4.78, 5) is 4.68. The number of aliphatic imine (C=N–C) groups is 1. The lowest BCUT2D eigenvalue weighted by Gasteiger charge is -2.28. The second-order valence-electron chi connectivity index (χ2n) is 7.98. The zero-order valence-electron chi connectivity index (χ0n) is 18.3. The Labute approximate surface area is 205 Å². The summed E-state index contributed by atoms with van der Waals surface area (Å²) in [7, 11) is 0. The van der Waals surface area contributed by atoms with Gasteiger partial charge in [0.05, 0.1) is 25.5 Å². The van der Waals surface area contributed by atoms with Crippen molar-refractivity contribution in [1.82, 2.24) is 10.6 Å². The smallest absolute Gasteiger partial charge is 0.191 e. The number of nitrogens with zero attached hydrogens (tertiary/aromatic N) is 1. The third kappa shape index (κ3) is 6.07. The number of para-hydroxylation sites is 1. The van der Waals surface area contributed by atoms with Gasteiger partial charge in [-0.05, 0) is 44.2 Å². The molecule has 3 heterocycles. The topological polar surface area (TPSA) is 92.2 Å². The number of rotatable bonds is 7. The minimum atomic E-state index is -1.21. The number of furan rings is 2. The third-order valence-electron chi connectivity index (χ3n) is 5.33. The Hall–Kier alpha value is -2.46. The summed E-state index contributed by atoms with van der Waals surface area (Å²) in [6, 6.07) is 15.5. The molecule has 2 unspecified atom stereocenters. The fraction of sp³-hybridized carbons (Fsp3) is 0.375. The minimum Gasteiger partial charge on any atom is -0.493 e. The Kier molecular flexibility index (Phi) is 8.25. The number of fused-ring (bicyclic) bond motifs is 1. The van der Waals surface area contributed by atoms with Gasteiger partial charge in [0.2, 0.25) is 0 Å². The molecule has 0 aliphatic carbocycles. The van der Waals surface area contributed by atoms with Gasteiger partial charge in [-0.15, -0.1) is 24.0 Å². The molecule has 1 aromatic carbocycles. The van der Waals surface area contributed by atoms with E-state index >= 15 is 0 Å². The van der Waals surface area contributed by atoms with Crippen molar-refractivity contribution in [2.45, 2.75) is 38.3 Å². The summed E-state index contributed by atoms with van der Waals surface area (Å²) < 4.78 is 16.8. The van der Waals surface area contributed by atoms with E-state index in [-0.39, 0.29) is 36.6 Å². The van der Waals surface area contributed by atoms with Crippen molar-refractivity contribution >= 4 is 29.9 Å². The molecule has 3 aromatic rings. The molecule has 0 bridgehead atoms. The van der Waals surface area contributed by atoms with Crippen molar-refractivity contribution in [2.75, 3.05) is 19.7 Å². The molecule has 1 aliphatic rings. The average molecular weight is 551 g/mol. The van der Waals surface area contributed by atoms with Crippen LogP contribution in [-0.2, 0) is 12.0 Å². The first kappa shape index (κ1) is 24.2. The lowest BCUT2D eigenvalue weighted by Crippen LogP contribution is -2.42. The predicted molar refractivity (Wildman–Crippen MR) is 134 cm³/mol. The van der Waals surface area contributed by atoms with Crippen LogP contribution < -0.4 is 15.4 Å². The van der Waals surface area contributed by atoms with E-state index in [2.05, 4.69) is 21.7 Å². The maximum atomic E-state index is 10.9. The summed E-state index contributed by atoms with van der Waals surface area (Å²) in [6.07, 6.45) is 3.22. The third-order valence-corrected chi connectivity index (χ3v) is 5.33. The van der Waals surface area contributed by atoms with Crippen molar-refractivity contribution < 1.29 is 18.7 Å². The van der Waals surface area contributed by atoms with E-state index in [1.807, 2.05) is 43.3 Å². The molecule has 0 radical (unpaired) electrons.